The highest BCUT2D eigenvalue weighted by Gasteiger charge is 2.17. The third-order valence-electron chi connectivity index (χ3n) is 3.58. The zero-order valence-corrected chi connectivity index (χ0v) is 11.8. The Morgan fingerprint density at radius 2 is 2.05 bits per heavy atom. The minimum Gasteiger partial charge on any atom is -0.343 e. The third kappa shape index (κ3) is 2.95. The number of rotatable bonds is 4. The lowest BCUT2D eigenvalue weighted by molar-refractivity contribution is -0.130. The fourth-order valence-corrected chi connectivity index (χ4v) is 3.55. The van der Waals surface area contributed by atoms with Crippen LogP contribution in [-0.2, 0) is 11.2 Å². The van der Waals surface area contributed by atoms with Crippen LogP contribution in [0.4, 0.5) is 0 Å². The summed E-state index contributed by atoms with van der Waals surface area (Å²) in [5.74, 6) is 0.318. The molecule has 1 aromatic heterocycles. The van der Waals surface area contributed by atoms with Crippen LogP contribution in [0.2, 0.25) is 0 Å². The fourth-order valence-electron chi connectivity index (χ4n) is 2.54. The van der Waals surface area contributed by atoms with Crippen molar-refractivity contribution in [3.05, 3.63) is 29.3 Å². The summed E-state index contributed by atoms with van der Waals surface area (Å²) in [6.07, 6.45) is 4.83. The minimum absolute atomic E-state index is 0.318. The van der Waals surface area contributed by atoms with Crippen molar-refractivity contribution in [1.82, 2.24) is 9.88 Å². The number of likely N-dealkylation sites (tertiary alicyclic amines) is 1. The van der Waals surface area contributed by atoms with Crippen molar-refractivity contribution < 1.29 is 4.79 Å². The van der Waals surface area contributed by atoms with Gasteiger partial charge in [0.05, 0.1) is 15.2 Å². The average molecular weight is 274 g/mol. The van der Waals surface area contributed by atoms with Gasteiger partial charge in [-0.2, -0.15) is 0 Å². The second-order valence-electron chi connectivity index (χ2n) is 5.02. The summed E-state index contributed by atoms with van der Waals surface area (Å²) in [4.78, 5) is 18.5. The van der Waals surface area contributed by atoms with E-state index >= 15 is 0 Å². The highest BCUT2D eigenvalue weighted by atomic mass is 32.1. The van der Waals surface area contributed by atoms with Gasteiger partial charge in [-0.1, -0.05) is 12.1 Å². The van der Waals surface area contributed by atoms with Crippen LogP contribution >= 0.6 is 11.3 Å². The Balaban J connectivity index is 1.53. The van der Waals surface area contributed by atoms with Crippen LogP contribution in [0.1, 0.15) is 30.7 Å². The van der Waals surface area contributed by atoms with E-state index in [2.05, 4.69) is 11.1 Å². The second-order valence-corrected chi connectivity index (χ2v) is 6.13. The van der Waals surface area contributed by atoms with E-state index in [9.17, 15) is 4.79 Å². The number of benzene rings is 1. The van der Waals surface area contributed by atoms with Crippen molar-refractivity contribution >= 4 is 27.5 Å². The van der Waals surface area contributed by atoms with Crippen LogP contribution in [-0.4, -0.2) is 28.9 Å². The summed E-state index contributed by atoms with van der Waals surface area (Å²) in [7, 11) is 0. The van der Waals surface area contributed by atoms with E-state index in [1.807, 2.05) is 23.1 Å². The monoisotopic (exact) mass is 274 g/mol. The van der Waals surface area contributed by atoms with Crippen molar-refractivity contribution in [2.45, 2.75) is 32.1 Å². The van der Waals surface area contributed by atoms with E-state index in [1.165, 1.54) is 17.5 Å². The van der Waals surface area contributed by atoms with Crippen molar-refractivity contribution in [3.8, 4) is 0 Å². The number of aromatic nitrogens is 1. The van der Waals surface area contributed by atoms with Gasteiger partial charge < -0.3 is 4.90 Å². The predicted octanol–water partition coefficient (Wildman–Crippen LogP) is 3.24. The molecular weight excluding hydrogens is 256 g/mol. The number of thiazole rings is 1. The van der Waals surface area contributed by atoms with E-state index in [-0.39, 0.29) is 0 Å². The number of fused-ring (bicyclic) bond motifs is 1. The Labute approximate surface area is 117 Å². The molecule has 1 amide bonds. The van der Waals surface area contributed by atoms with Gasteiger partial charge in [-0.05, 0) is 37.8 Å². The Hall–Kier alpha value is -1.42. The summed E-state index contributed by atoms with van der Waals surface area (Å²) in [6.45, 7) is 1.92. The minimum atomic E-state index is 0.318. The molecule has 0 unspecified atom stereocenters. The van der Waals surface area contributed by atoms with Crippen LogP contribution < -0.4 is 0 Å². The lowest BCUT2D eigenvalue weighted by Crippen LogP contribution is -2.27. The Morgan fingerprint density at radius 1 is 1.26 bits per heavy atom. The molecule has 1 aliphatic heterocycles. The van der Waals surface area contributed by atoms with Gasteiger partial charge in [-0.3, -0.25) is 4.79 Å². The lowest BCUT2D eigenvalue weighted by Gasteiger charge is -2.14. The molecule has 4 heteroatoms. The summed E-state index contributed by atoms with van der Waals surface area (Å²) >= 11 is 1.75. The molecule has 1 aromatic carbocycles. The summed E-state index contributed by atoms with van der Waals surface area (Å²) in [5, 5.41) is 1.15. The smallest absolute Gasteiger partial charge is 0.222 e. The number of aryl methyl sites for hydroxylation is 1. The normalized spacial score (nSPS) is 15.3. The Kier molecular flexibility index (Phi) is 3.78. The van der Waals surface area contributed by atoms with E-state index in [0.717, 1.165) is 36.5 Å². The predicted molar refractivity (Wildman–Crippen MR) is 78.4 cm³/mol. The van der Waals surface area contributed by atoms with Gasteiger partial charge in [-0.15, -0.1) is 11.3 Å². The SMILES string of the molecule is O=C(CCCc1nc2ccccc2s1)N1CCCC1. The maximum absolute atomic E-state index is 11.9. The number of nitrogens with zero attached hydrogens (tertiary/aromatic N) is 2. The van der Waals surface area contributed by atoms with E-state index in [0.29, 0.717) is 12.3 Å². The Bertz CT molecular complexity index is 539. The molecule has 0 saturated carbocycles. The molecule has 2 heterocycles. The van der Waals surface area contributed by atoms with Gasteiger partial charge in [0, 0.05) is 19.5 Å². The van der Waals surface area contributed by atoms with Crippen molar-refractivity contribution in [2.75, 3.05) is 13.1 Å². The first kappa shape index (κ1) is 12.6. The first-order chi connectivity index (χ1) is 9.33. The summed E-state index contributed by atoms with van der Waals surface area (Å²) in [5.41, 5.74) is 1.08. The molecule has 0 N–H and O–H groups in total. The van der Waals surface area contributed by atoms with E-state index in [1.54, 1.807) is 11.3 Å². The third-order valence-corrected chi connectivity index (χ3v) is 4.67. The molecule has 3 nitrogen and oxygen atoms in total. The molecule has 2 aromatic rings. The molecule has 1 saturated heterocycles. The number of hydrogen-bond acceptors (Lipinski definition) is 3. The molecule has 19 heavy (non-hydrogen) atoms. The highest BCUT2D eigenvalue weighted by molar-refractivity contribution is 7.18. The molecular formula is C15H18N2OS. The van der Waals surface area contributed by atoms with Gasteiger partial charge in [0.1, 0.15) is 0 Å². The number of amides is 1. The average Bonchev–Trinajstić information content (AvgIpc) is 3.07. The molecule has 0 spiro atoms. The van der Waals surface area contributed by atoms with Gasteiger partial charge >= 0.3 is 0 Å². The Morgan fingerprint density at radius 3 is 2.84 bits per heavy atom. The molecule has 0 atom stereocenters. The summed E-state index contributed by atoms with van der Waals surface area (Å²) < 4.78 is 1.24. The molecule has 0 aliphatic carbocycles. The molecule has 1 aliphatic rings. The van der Waals surface area contributed by atoms with Crippen LogP contribution in [0.3, 0.4) is 0 Å². The lowest BCUT2D eigenvalue weighted by atomic mass is 10.2. The largest absolute Gasteiger partial charge is 0.343 e. The molecule has 100 valence electrons. The fraction of sp³-hybridized carbons (Fsp3) is 0.467. The highest BCUT2D eigenvalue weighted by Crippen LogP contribution is 2.23. The number of carbonyl (C=O) groups is 1. The molecule has 3 rings (SSSR count). The van der Waals surface area contributed by atoms with Gasteiger partial charge in [-0.25, -0.2) is 4.98 Å². The molecule has 0 bridgehead atoms. The summed E-state index contributed by atoms with van der Waals surface area (Å²) in [6, 6.07) is 8.21. The van der Waals surface area contributed by atoms with Crippen molar-refractivity contribution in [3.63, 3.8) is 0 Å². The number of para-hydroxylation sites is 1. The maximum atomic E-state index is 11.9. The maximum Gasteiger partial charge on any atom is 0.222 e. The van der Waals surface area contributed by atoms with Crippen LogP contribution in [0, 0.1) is 0 Å². The van der Waals surface area contributed by atoms with E-state index < -0.39 is 0 Å². The van der Waals surface area contributed by atoms with E-state index in [4.69, 9.17) is 0 Å². The van der Waals surface area contributed by atoms with Crippen LogP contribution in [0.25, 0.3) is 10.2 Å². The van der Waals surface area contributed by atoms with Crippen molar-refractivity contribution in [2.24, 2.45) is 0 Å². The molecule has 0 radical (unpaired) electrons. The van der Waals surface area contributed by atoms with Crippen LogP contribution in [0.15, 0.2) is 24.3 Å². The van der Waals surface area contributed by atoms with Gasteiger partial charge in [0.25, 0.3) is 0 Å². The first-order valence-corrected chi connectivity index (χ1v) is 7.77. The van der Waals surface area contributed by atoms with Crippen LogP contribution in [0.5, 0.6) is 0 Å². The molecule has 1 fully saturated rings. The standard InChI is InChI=1S/C15H18N2OS/c18-15(17-10-3-4-11-17)9-5-8-14-16-12-6-1-2-7-13(12)19-14/h1-2,6-7H,3-5,8-11H2. The number of hydrogen-bond donors (Lipinski definition) is 0. The first-order valence-electron chi connectivity index (χ1n) is 6.95. The zero-order chi connectivity index (χ0) is 13.1. The van der Waals surface area contributed by atoms with Gasteiger partial charge in [0.2, 0.25) is 5.91 Å². The topological polar surface area (TPSA) is 33.2 Å². The van der Waals surface area contributed by atoms with Crippen molar-refractivity contribution in [1.29, 1.82) is 0 Å². The second kappa shape index (κ2) is 5.70. The quantitative estimate of drug-likeness (QED) is 0.857. The number of carbonyl (C=O) groups excluding carboxylic acids is 1. The van der Waals surface area contributed by atoms with Gasteiger partial charge in [0.15, 0.2) is 0 Å². The zero-order valence-electron chi connectivity index (χ0n) is 11.0.